The van der Waals surface area contributed by atoms with Crippen LogP contribution in [0.4, 0.5) is 5.82 Å². The number of H-pyrrole nitrogens is 1. The Hall–Kier alpha value is -1.91. The van der Waals surface area contributed by atoms with Crippen molar-refractivity contribution in [1.82, 2.24) is 19.9 Å². The van der Waals surface area contributed by atoms with Gasteiger partial charge in [0.05, 0.1) is 6.04 Å². The second-order valence-electron chi connectivity index (χ2n) is 4.02. The van der Waals surface area contributed by atoms with Crippen LogP contribution in [0.5, 0.6) is 0 Å². The molecule has 0 saturated carbocycles. The van der Waals surface area contributed by atoms with E-state index in [2.05, 4.69) is 32.2 Å². The third kappa shape index (κ3) is 2.81. The van der Waals surface area contributed by atoms with Crippen molar-refractivity contribution in [3.63, 3.8) is 0 Å². The summed E-state index contributed by atoms with van der Waals surface area (Å²) in [6.07, 6.45) is 4.53. The highest BCUT2D eigenvalue weighted by atomic mass is 15.1. The van der Waals surface area contributed by atoms with Crippen molar-refractivity contribution in [2.75, 3.05) is 5.32 Å². The number of nitrogens with zero attached hydrogens (tertiary/aromatic N) is 3. The average molecular weight is 231 g/mol. The topological polar surface area (TPSA) is 66.5 Å². The zero-order valence-corrected chi connectivity index (χ0v) is 10.4. The lowest BCUT2D eigenvalue weighted by Crippen LogP contribution is -2.13. The molecule has 2 N–H and O–H groups in total. The van der Waals surface area contributed by atoms with Crippen molar-refractivity contribution in [1.29, 1.82) is 0 Å². The second-order valence-corrected chi connectivity index (χ2v) is 4.02. The Bertz CT molecular complexity index is 457. The average Bonchev–Trinajstić information content (AvgIpc) is 2.77. The Balaban J connectivity index is 2.18. The number of imidazole rings is 1. The molecule has 0 aliphatic rings. The summed E-state index contributed by atoms with van der Waals surface area (Å²) in [4.78, 5) is 16.0. The lowest BCUT2D eigenvalue weighted by Gasteiger charge is -2.15. The van der Waals surface area contributed by atoms with Gasteiger partial charge in [-0.25, -0.2) is 15.0 Å². The van der Waals surface area contributed by atoms with Crippen molar-refractivity contribution in [2.45, 2.75) is 33.2 Å². The van der Waals surface area contributed by atoms with Crippen LogP contribution in [0.1, 0.15) is 36.7 Å². The van der Waals surface area contributed by atoms with Gasteiger partial charge in [0.25, 0.3) is 0 Å². The molecule has 2 rings (SSSR count). The lowest BCUT2D eigenvalue weighted by molar-refractivity contribution is 0.698. The zero-order chi connectivity index (χ0) is 12.3. The SMILES string of the molecule is CCC(Nc1cc(C)nc(C)n1)c1ncc[nH]1. The molecule has 0 amide bonds. The van der Waals surface area contributed by atoms with Crippen molar-refractivity contribution in [2.24, 2.45) is 0 Å². The fourth-order valence-electron chi connectivity index (χ4n) is 1.80. The summed E-state index contributed by atoms with van der Waals surface area (Å²) in [5, 5.41) is 3.37. The molecule has 90 valence electrons. The van der Waals surface area contributed by atoms with Gasteiger partial charge in [0.1, 0.15) is 17.5 Å². The van der Waals surface area contributed by atoms with Gasteiger partial charge in [-0.05, 0) is 20.3 Å². The molecular formula is C12H17N5. The quantitative estimate of drug-likeness (QED) is 0.847. The van der Waals surface area contributed by atoms with E-state index in [1.54, 1.807) is 6.20 Å². The van der Waals surface area contributed by atoms with E-state index in [1.165, 1.54) is 0 Å². The molecule has 5 nitrogen and oxygen atoms in total. The van der Waals surface area contributed by atoms with Gasteiger partial charge in [0, 0.05) is 24.2 Å². The van der Waals surface area contributed by atoms with Crippen LogP contribution < -0.4 is 5.32 Å². The van der Waals surface area contributed by atoms with Crippen LogP contribution in [0.25, 0.3) is 0 Å². The van der Waals surface area contributed by atoms with Gasteiger partial charge in [-0.2, -0.15) is 0 Å². The highest BCUT2D eigenvalue weighted by Gasteiger charge is 2.12. The summed E-state index contributed by atoms with van der Waals surface area (Å²) in [6, 6.07) is 2.09. The molecule has 2 aromatic heterocycles. The van der Waals surface area contributed by atoms with E-state index in [1.807, 2.05) is 26.1 Å². The molecule has 1 atom stereocenters. The Kier molecular flexibility index (Phi) is 3.37. The van der Waals surface area contributed by atoms with Crippen LogP contribution in [-0.2, 0) is 0 Å². The molecule has 1 unspecified atom stereocenters. The second kappa shape index (κ2) is 4.95. The maximum Gasteiger partial charge on any atom is 0.130 e. The minimum absolute atomic E-state index is 0.152. The number of aryl methyl sites for hydroxylation is 2. The van der Waals surface area contributed by atoms with Crippen molar-refractivity contribution < 1.29 is 0 Å². The van der Waals surface area contributed by atoms with E-state index in [0.29, 0.717) is 0 Å². The van der Waals surface area contributed by atoms with E-state index in [0.717, 1.165) is 29.6 Å². The molecule has 0 saturated heterocycles. The number of aromatic nitrogens is 4. The Labute approximate surface area is 101 Å². The Morgan fingerprint density at radius 3 is 2.76 bits per heavy atom. The molecule has 0 radical (unpaired) electrons. The van der Waals surface area contributed by atoms with Crippen LogP contribution in [0.3, 0.4) is 0 Å². The van der Waals surface area contributed by atoms with Crippen LogP contribution in [0.15, 0.2) is 18.5 Å². The van der Waals surface area contributed by atoms with E-state index >= 15 is 0 Å². The van der Waals surface area contributed by atoms with Gasteiger partial charge in [-0.1, -0.05) is 6.92 Å². The van der Waals surface area contributed by atoms with Crippen molar-refractivity contribution in [3.8, 4) is 0 Å². The first-order chi connectivity index (χ1) is 8.19. The first-order valence-corrected chi connectivity index (χ1v) is 5.77. The number of anilines is 1. The van der Waals surface area contributed by atoms with E-state index in [4.69, 9.17) is 0 Å². The van der Waals surface area contributed by atoms with Gasteiger partial charge in [-0.15, -0.1) is 0 Å². The highest BCUT2D eigenvalue weighted by molar-refractivity contribution is 5.37. The Morgan fingerprint density at radius 2 is 2.18 bits per heavy atom. The standard InChI is InChI=1S/C12H17N5/c1-4-10(12-13-5-6-14-12)17-11-7-8(2)15-9(3)16-11/h5-7,10H,4H2,1-3H3,(H,13,14)(H,15,16,17). The zero-order valence-electron chi connectivity index (χ0n) is 10.4. The normalized spacial score (nSPS) is 12.4. The van der Waals surface area contributed by atoms with Gasteiger partial charge < -0.3 is 10.3 Å². The minimum Gasteiger partial charge on any atom is -0.360 e. The summed E-state index contributed by atoms with van der Waals surface area (Å²) < 4.78 is 0. The summed E-state index contributed by atoms with van der Waals surface area (Å²) in [5.41, 5.74) is 0.967. The first-order valence-electron chi connectivity index (χ1n) is 5.77. The van der Waals surface area contributed by atoms with Crippen LogP contribution in [-0.4, -0.2) is 19.9 Å². The molecule has 0 aliphatic heterocycles. The third-order valence-electron chi connectivity index (χ3n) is 2.55. The smallest absolute Gasteiger partial charge is 0.130 e. The predicted octanol–water partition coefficient (Wildman–Crippen LogP) is 2.38. The molecule has 17 heavy (non-hydrogen) atoms. The van der Waals surface area contributed by atoms with Gasteiger partial charge in [0.2, 0.25) is 0 Å². The summed E-state index contributed by atoms with van der Waals surface area (Å²) in [7, 11) is 0. The maximum atomic E-state index is 4.37. The molecule has 2 heterocycles. The minimum atomic E-state index is 0.152. The van der Waals surface area contributed by atoms with Crippen molar-refractivity contribution >= 4 is 5.82 Å². The largest absolute Gasteiger partial charge is 0.360 e. The van der Waals surface area contributed by atoms with Gasteiger partial charge in [-0.3, -0.25) is 0 Å². The Morgan fingerprint density at radius 1 is 1.35 bits per heavy atom. The van der Waals surface area contributed by atoms with Crippen molar-refractivity contribution in [3.05, 3.63) is 35.8 Å². The molecule has 0 fully saturated rings. The maximum absolute atomic E-state index is 4.37. The lowest BCUT2D eigenvalue weighted by atomic mass is 10.2. The summed E-state index contributed by atoms with van der Waals surface area (Å²) in [6.45, 7) is 5.97. The van der Waals surface area contributed by atoms with E-state index < -0.39 is 0 Å². The third-order valence-corrected chi connectivity index (χ3v) is 2.55. The fraction of sp³-hybridized carbons (Fsp3) is 0.417. The first kappa shape index (κ1) is 11.6. The van der Waals surface area contributed by atoms with E-state index in [9.17, 15) is 0 Å². The van der Waals surface area contributed by atoms with Crippen LogP contribution in [0.2, 0.25) is 0 Å². The molecule has 0 spiro atoms. The molecule has 5 heteroatoms. The predicted molar refractivity (Wildman–Crippen MR) is 66.7 cm³/mol. The number of hydrogen-bond acceptors (Lipinski definition) is 4. The van der Waals surface area contributed by atoms with Gasteiger partial charge >= 0.3 is 0 Å². The molecular weight excluding hydrogens is 214 g/mol. The van der Waals surface area contributed by atoms with Gasteiger partial charge in [0.15, 0.2) is 0 Å². The number of hydrogen-bond donors (Lipinski definition) is 2. The monoisotopic (exact) mass is 231 g/mol. The summed E-state index contributed by atoms with van der Waals surface area (Å²) in [5.74, 6) is 2.56. The van der Waals surface area contributed by atoms with Crippen LogP contribution in [0, 0.1) is 13.8 Å². The number of rotatable bonds is 4. The van der Waals surface area contributed by atoms with Crippen LogP contribution >= 0.6 is 0 Å². The van der Waals surface area contributed by atoms with E-state index in [-0.39, 0.29) is 6.04 Å². The number of nitrogens with one attached hydrogen (secondary N) is 2. The number of aromatic amines is 1. The molecule has 0 bridgehead atoms. The molecule has 0 aromatic carbocycles. The molecule has 2 aromatic rings. The highest BCUT2D eigenvalue weighted by Crippen LogP contribution is 2.18. The molecule has 0 aliphatic carbocycles. The fourth-order valence-corrected chi connectivity index (χ4v) is 1.80. The summed E-state index contributed by atoms with van der Waals surface area (Å²) >= 11 is 0.